The minimum atomic E-state index is -0.193. The average Bonchev–Trinajstić information content (AvgIpc) is 2.43. The number of carbonyl (C=O) groups excluding carboxylic acids is 1. The maximum atomic E-state index is 11.6. The van der Waals surface area contributed by atoms with Gasteiger partial charge in [-0.1, -0.05) is 6.92 Å². The zero-order valence-electron chi connectivity index (χ0n) is 11.0. The maximum absolute atomic E-state index is 11.6. The molecule has 1 amide bonds. The highest BCUT2D eigenvalue weighted by atomic mass is 16.5. The topological polar surface area (TPSA) is 73.6 Å². The van der Waals surface area contributed by atoms with Crippen molar-refractivity contribution in [3.05, 3.63) is 23.8 Å². The van der Waals surface area contributed by atoms with Crippen LogP contribution in [0.3, 0.4) is 0 Å². The van der Waals surface area contributed by atoms with E-state index in [1.165, 1.54) is 0 Å². The average molecular weight is 252 g/mol. The van der Waals surface area contributed by atoms with Crippen LogP contribution < -0.4 is 20.5 Å². The summed E-state index contributed by atoms with van der Waals surface area (Å²) < 4.78 is 10.4. The van der Waals surface area contributed by atoms with Gasteiger partial charge in [0.2, 0.25) is 5.91 Å². The molecule has 18 heavy (non-hydrogen) atoms. The van der Waals surface area contributed by atoms with Gasteiger partial charge in [-0.3, -0.25) is 4.79 Å². The molecule has 1 unspecified atom stereocenters. The minimum absolute atomic E-state index is 0.0672. The largest absolute Gasteiger partial charge is 0.497 e. The molecule has 0 aliphatic heterocycles. The number of hydrogen-bond acceptors (Lipinski definition) is 4. The van der Waals surface area contributed by atoms with Crippen LogP contribution in [0.1, 0.15) is 12.5 Å². The summed E-state index contributed by atoms with van der Waals surface area (Å²) in [6.07, 6.45) is 0. The third kappa shape index (κ3) is 3.63. The highest BCUT2D eigenvalue weighted by Gasteiger charge is 2.12. The molecule has 1 rings (SSSR count). The van der Waals surface area contributed by atoms with Crippen molar-refractivity contribution in [1.82, 2.24) is 5.32 Å². The molecule has 1 atom stereocenters. The Balaban J connectivity index is 2.73. The number of benzene rings is 1. The normalized spacial score (nSPS) is 11.8. The lowest BCUT2D eigenvalue weighted by Crippen LogP contribution is -2.32. The van der Waals surface area contributed by atoms with E-state index in [-0.39, 0.29) is 11.8 Å². The van der Waals surface area contributed by atoms with Crippen molar-refractivity contribution in [2.45, 2.75) is 13.5 Å². The fourth-order valence-electron chi connectivity index (χ4n) is 1.48. The molecular formula is C13H20N2O3. The lowest BCUT2D eigenvalue weighted by Gasteiger charge is -2.13. The predicted octanol–water partition coefficient (Wildman–Crippen LogP) is 0.915. The fraction of sp³-hybridized carbons (Fsp3) is 0.462. The van der Waals surface area contributed by atoms with Crippen molar-refractivity contribution < 1.29 is 14.3 Å². The summed E-state index contributed by atoms with van der Waals surface area (Å²) in [5.74, 6) is 1.19. The highest BCUT2D eigenvalue weighted by molar-refractivity contribution is 5.78. The molecule has 100 valence electrons. The standard InChI is InChI=1S/C13H20N2O3/c1-9(7-14)13(16)15-8-10-6-11(17-2)4-5-12(10)18-3/h4-6,9H,7-8,14H2,1-3H3,(H,15,16). The van der Waals surface area contributed by atoms with Crippen molar-refractivity contribution >= 4 is 5.91 Å². The van der Waals surface area contributed by atoms with Gasteiger partial charge in [-0.25, -0.2) is 0 Å². The molecule has 5 nitrogen and oxygen atoms in total. The molecule has 0 aliphatic rings. The first-order valence-corrected chi connectivity index (χ1v) is 5.81. The van der Waals surface area contributed by atoms with Gasteiger partial charge in [0.25, 0.3) is 0 Å². The van der Waals surface area contributed by atoms with Crippen LogP contribution in [0.15, 0.2) is 18.2 Å². The van der Waals surface area contributed by atoms with E-state index in [0.29, 0.717) is 13.1 Å². The molecule has 0 aliphatic carbocycles. The zero-order chi connectivity index (χ0) is 13.5. The number of rotatable bonds is 6. The second-order valence-electron chi connectivity index (χ2n) is 4.03. The van der Waals surface area contributed by atoms with Gasteiger partial charge < -0.3 is 20.5 Å². The van der Waals surface area contributed by atoms with E-state index in [0.717, 1.165) is 17.1 Å². The van der Waals surface area contributed by atoms with Gasteiger partial charge in [0.1, 0.15) is 11.5 Å². The van der Waals surface area contributed by atoms with Gasteiger partial charge in [-0.2, -0.15) is 0 Å². The SMILES string of the molecule is COc1ccc(OC)c(CNC(=O)C(C)CN)c1. The Morgan fingerprint density at radius 3 is 2.67 bits per heavy atom. The second kappa shape index (κ2) is 6.86. The van der Waals surface area contributed by atoms with Gasteiger partial charge in [0.05, 0.1) is 14.2 Å². The Kier molecular flexibility index (Phi) is 5.45. The van der Waals surface area contributed by atoms with Crippen LogP contribution in [-0.4, -0.2) is 26.7 Å². The quantitative estimate of drug-likeness (QED) is 0.789. The minimum Gasteiger partial charge on any atom is -0.497 e. The molecule has 0 bridgehead atoms. The lowest BCUT2D eigenvalue weighted by molar-refractivity contribution is -0.124. The molecule has 1 aromatic rings. The van der Waals surface area contributed by atoms with Crippen LogP contribution in [-0.2, 0) is 11.3 Å². The summed E-state index contributed by atoms with van der Waals surface area (Å²) in [6.45, 7) is 2.52. The number of ether oxygens (including phenoxy) is 2. The van der Waals surface area contributed by atoms with Crippen molar-refractivity contribution in [2.75, 3.05) is 20.8 Å². The van der Waals surface area contributed by atoms with Crippen molar-refractivity contribution in [2.24, 2.45) is 11.7 Å². The molecule has 0 radical (unpaired) electrons. The van der Waals surface area contributed by atoms with Crippen LogP contribution in [0.5, 0.6) is 11.5 Å². The third-order valence-corrected chi connectivity index (χ3v) is 2.74. The zero-order valence-corrected chi connectivity index (χ0v) is 11.0. The van der Waals surface area contributed by atoms with E-state index in [2.05, 4.69) is 5.32 Å². The van der Waals surface area contributed by atoms with E-state index in [1.807, 2.05) is 18.2 Å². The molecule has 1 aromatic carbocycles. The van der Waals surface area contributed by atoms with Crippen LogP contribution in [0, 0.1) is 5.92 Å². The molecular weight excluding hydrogens is 232 g/mol. The lowest BCUT2D eigenvalue weighted by atomic mass is 10.1. The summed E-state index contributed by atoms with van der Waals surface area (Å²) >= 11 is 0. The van der Waals surface area contributed by atoms with E-state index in [1.54, 1.807) is 21.1 Å². The van der Waals surface area contributed by atoms with Crippen LogP contribution in [0.2, 0.25) is 0 Å². The molecule has 0 heterocycles. The van der Waals surface area contributed by atoms with Gasteiger partial charge >= 0.3 is 0 Å². The van der Waals surface area contributed by atoms with Gasteiger partial charge in [0, 0.05) is 24.6 Å². The van der Waals surface area contributed by atoms with E-state index >= 15 is 0 Å². The third-order valence-electron chi connectivity index (χ3n) is 2.74. The monoisotopic (exact) mass is 252 g/mol. The highest BCUT2D eigenvalue weighted by Crippen LogP contribution is 2.23. The van der Waals surface area contributed by atoms with E-state index in [9.17, 15) is 4.79 Å². The smallest absolute Gasteiger partial charge is 0.224 e. The van der Waals surface area contributed by atoms with E-state index in [4.69, 9.17) is 15.2 Å². The number of nitrogens with one attached hydrogen (secondary N) is 1. The Morgan fingerprint density at radius 1 is 1.39 bits per heavy atom. The molecule has 0 saturated heterocycles. The predicted molar refractivity (Wildman–Crippen MR) is 69.6 cm³/mol. The van der Waals surface area contributed by atoms with Crippen LogP contribution >= 0.6 is 0 Å². The number of nitrogens with two attached hydrogens (primary N) is 1. The maximum Gasteiger partial charge on any atom is 0.224 e. The molecule has 0 aromatic heterocycles. The van der Waals surface area contributed by atoms with Gasteiger partial charge in [-0.15, -0.1) is 0 Å². The first-order chi connectivity index (χ1) is 8.62. The summed E-state index contributed by atoms with van der Waals surface area (Å²) in [4.78, 5) is 11.6. The number of carbonyl (C=O) groups is 1. The second-order valence-corrected chi connectivity index (χ2v) is 4.03. The summed E-state index contributed by atoms with van der Waals surface area (Å²) in [7, 11) is 3.19. The van der Waals surface area contributed by atoms with Crippen molar-refractivity contribution in [3.63, 3.8) is 0 Å². The van der Waals surface area contributed by atoms with Crippen molar-refractivity contribution in [3.8, 4) is 11.5 Å². The molecule has 0 saturated carbocycles. The first kappa shape index (κ1) is 14.3. The Morgan fingerprint density at radius 2 is 2.11 bits per heavy atom. The molecule has 3 N–H and O–H groups in total. The van der Waals surface area contributed by atoms with Crippen LogP contribution in [0.4, 0.5) is 0 Å². The summed E-state index contributed by atoms with van der Waals surface area (Å²) in [5, 5.41) is 2.82. The summed E-state index contributed by atoms with van der Waals surface area (Å²) in [5.41, 5.74) is 6.31. The van der Waals surface area contributed by atoms with Crippen molar-refractivity contribution in [1.29, 1.82) is 0 Å². The number of methoxy groups -OCH3 is 2. The molecule has 0 fully saturated rings. The first-order valence-electron chi connectivity index (χ1n) is 5.81. The Bertz CT molecular complexity index is 407. The summed E-state index contributed by atoms with van der Waals surface area (Å²) in [6, 6.07) is 5.46. The molecule has 0 spiro atoms. The molecule has 5 heteroatoms. The Labute approximate surface area is 107 Å². The number of amides is 1. The van der Waals surface area contributed by atoms with E-state index < -0.39 is 0 Å². The Hall–Kier alpha value is -1.75. The number of hydrogen-bond donors (Lipinski definition) is 2. The van der Waals surface area contributed by atoms with Gasteiger partial charge in [0.15, 0.2) is 0 Å². The van der Waals surface area contributed by atoms with Crippen LogP contribution in [0.25, 0.3) is 0 Å². The van der Waals surface area contributed by atoms with Gasteiger partial charge in [-0.05, 0) is 18.2 Å². The fourth-order valence-corrected chi connectivity index (χ4v) is 1.48.